The number of H-pyrrole nitrogens is 1. The molecule has 0 radical (unpaired) electrons. The molecule has 0 atom stereocenters. The molecule has 2 rings (SSSR count). The number of amides is 1. The molecule has 0 spiro atoms. The van der Waals surface area contributed by atoms with Crippen molar-refractivity contribution in [2.75, 3.05) is 12.0 Å². The van der Waals surface area contributed by atoms with Crippen LogP contribution in [0.25, 0.3) is 0 Å². The fraction of sp³-hybridized carbons (Fsp3) is 0.182. The van der Waals surface area contributed by atoms with E-state index in [4.69, 9.17) is 17.0 Å². The Bertz CT molecular complexity index is 605. The van der Waals surface area contributed by atoms with Gasteiger partial charge in [-0.2, -0.15) is 5.10 Å². The van der Waals surface area contributed by atoms with Gasteiger partial charge in [-0.15, -0.1) is 0 Å². The molecule has 2 aromatic rings. The highest BCUT2D eigenvalue weighted by Crippen LogP contribution is 2.15. The van der Waals surface area contributed by atoms with E-state index in [1.54, 1.807) is 0 Å². The lowest BCUT2D eigenvalue weighted by Gasteiger charge is -2.09. The summed E-state index contributed by atoms with van der Waals surface area (Å²) >= 11 is 4.89. The third kappa shape index (κ3) is 2.95. The van der Waals surface area contributed by atoms with E-state index in [2.05, 4.69) is 15.6 Å². The number of rotatable bonds is 4. The fourth-order valence-electron chi connectivity index (χ4n) is 1.36. The van der Waals surface area contributed by atoms with Crippen LogP contribution in [-0.4, -0.2) is 27.4 Å². The number of nitrogens with one attached hydrogen (secondary N) is 2. The van der Waals surface area contributed by atoms with Gasteiger partial charge in [0.15, 0.2) is 6.61 Å². The molecule has 1 amide bonds. The first-order chi connectivity index (χ1) is 8.66. The van der Waals surface area contributed by atoms with Gasteiger partial charge >= 0.3 is 0 Å². The molecule has 7 heteroatoms. The average molecular weight is 264 g/mol. The maximum atomic E-state index is 11.6. The zero-order valence-electron chi connectivity index (χ0n) is 9.71. The topological polar surface area (TPSA) is 71.9 Å². The van der Waals surface area contributed by atoms with Crippen LogP contribution in [-0.2, 0) is 4.79 Å². The molecule has 0 aliphatic carbocycles. The summed E-state index contributed by atoms with van der Waals surface area (Å²) in [5.74, 6) is 0.374. The van der Waals surface area contributed by atoms with Crippen molar-refractivity contribution in [2.24, 2.45) is 0 Å². The summed E-state index contributed by atoms with van der Waals surface area (Å²) in [7, 11) is 0. The standard InChI is InChI=1S/C11H12N4O2S/c1-8-4-2-3-5-9(8)17-6-10(16)14-15-7-12-13-11(15)18/h2-5,7H,6H2,1H3,(H,13,18)(H,14,16). The second kappa shape index (κ2) is 5.46. The first kappa shape index (κ1) is 12.3. The number of aryl methyl sites for hydroxylation is 1. The fourth-order valence-corrected chi connectivity index (χ4v) is 1.50. The monoisotopic (exact) mass is 264 g/mol. The number of carbonyl (C=O) groups excluding carboxylic acids is 1. The summed E-state index contributed by atoms with van der Waals surface area (Å²) in [5.41, 5.74) is 3.51. The predicted octanol–water partition coefficient (Wildman–Crippen LogP) is 1.40. The SMILES string of the molecule is Cc1ccccc1OCC(=O)Nn1cn[nH]c1=S. The van der Waals surface area contributed by atoms with Gasteiger partial charge in [0.25, 0.3) is 5.91 Å². The Morgan fingerprint density at radius 2 is 2.33 bits per heavy atom. The number of para-hydroxylation sites is 1. The number of ether oxygens (including phenoxy) is 1. The lowest BCUT2D eigenvalue weighted by Crippen LogP contribution is -2.27. The van der Waals surface area contributed by atoms with Crippen molar-refractivity contribution >= 4 is 18.1 Å². The Labute approximate surface area is 109 Å². The molecule has 2 N–H and O–H groups in total. The molecule has 0 saturated carbocycles. The normalized spacial score (nSPS) is 10.1. The van der Waals surface area contributed by atoms with Crippen LogP contribution < -0.4 is 10.2 Å². The minimum absolute atomic E-state index is 0.0855. The molecule has 0 saturated heterocycles. The third-order valence-electron chi connectivity index (χ3n) is 2.25. The lowest BCUT2D eigenvalue weighted by molar-refractivity contribution is -0.119. The van der Waals surface area contributed by atoms with Crippen molar-refractivity contribution < 1.29 is 9.53 Å². The maximum Gasteiger partial charge on any atom is 0.276 e. The number of benzene rings is 1. The number of carbonyl (C=O) groups is 1. The van der Waals surface area contributed by atoms with Crippen LogP contribution in [0.5, 0.6) is 5.75 Å². The van der Waals surface area contributed by atoms with Gasteiger partial charge in [-0.25, -0.2) is 4.68 Å². The molecule has 94 valence electrons. The van der Waals surface area contributed by atoms with Gasteiger partial charge in [-0.1, -0.05) is 18.2 Å². The van der Waals surface area contributed by atoms with Crippen molar-refractivity contribution in [1.82, 2.24) is 14.9 Å². The first-order valence-corrected chi connectivity index (χ1v) is 5.68. The molecule has 0 unspecified atom stereocenters. The summed E-state index contributed by atoms with van der Waals surface area (Å²) in [6.07, 6.45) is 1.38. The van der Waals surface area contributed by atoms with E-state index in [1.807, 2.05) is 31.2 Å². The largest absolute Gasteiger partial charge is 0.483 e. The van der Waals surface area contributed by atoms with Gasteiger partial charge in [0.05, 0.1) is 0 Å². The summed E-state index contributed by atoms with van der Waals surface area (Å²) < 4.78 is 7.03. The molecule has 0 aliphatic rings. The van der Waals surface area contributed by atoms with Crippen LogP contribution in [0.15, 0.2) is 30.6 Å². The van der Waals surface area contributed by atoms with Crippen molar-refractivity contribution in [3.05, 3.63) is 40.9 Å². The smallest absolute Gasteiger partial charge is 0.276 e. The van der Waals surface area contributed by atoms with Crippen molar-refractivity contribution in [3.63, 3.8) is 0 Å². The van der Waals surface area contributed by atoms with Gasteiger partial charge in [-0.05, 0) is 30.8 Å². The second-order valence-corrected chi connectivity index (χ2v) is 4.01. The molecule has 0 fully saturated rings. The van der Waals surface area contributed by atoms with E-state index >= 15 is 0 Å². The van der Waals surface area contributed by atoms with Crippen LogP contribution in [0.4, 0.5) is 0 Å². The molecule has 0 bridgehead atoms. The summed E-state index contributed by atoms with van der Waals surface area (Å²) in [4.78, 5) is 11.6. The highest BCUT2D eigenvalue weighted by Gasteiger charge is 2.05. The average Bonchev–Trinajstić information content (AvgIpc) is 2.74. The van der Waals surface area contributed by atoms with Crippen LogP contribution in [0.2, 0.25) is 0 Å². The molecular weight excluding hydrogens is 252 g/mol. The Balaban J connectivity index is 1.92. The van der Waals surface area contributed by atoms with Crippen molar-refractivity contribution in [3.8, 4) is 5.75 Å². The van der Waals surface area contributed by atoms with Gasteiger partial charge in [0.1, 0.15) is 12.1 Å². The third-order valence-corrected chi connectivity index (χ3v) is 2.54. The first-order valence-electron chi connectivity index (χ1n) is 5.27. The molecule has 1 heterocycles. The van der Waals surface area contributed by atoms with Crippen molar-refractivity contribution in [2.45, 2.75) is 6.92 Å². The highest BCUT2D eigenvalue weighted by molar-refractivity contribution is 7.71. The minimum Gasteiger partial charge on any atom is -0.483 e. The minimum atomic E-state index is -0.309. The molecule has 1 aromatic carbocycles. The van der Waals surface area contributed by atoms with Crippen LogP contribution in [0.1, 0.15) is 5.56 Å². The number of nitrogens with zero attached hydrogens (tertiary/aromatic N) is 2. The van der Waals surface area contributed by atoms with Crippen LogP contribution in [0, 0.1) is 11.7 Å². The molecule has 18 heavy (non-hydrogen) atoms. The van der Waals surface area contributed by atoms with Gasteiger partial charge < -0.3 is 4.74 Å². The van der Waals surface area contributed by atoms with E-state index in [-0.39, 0.29) is 12.5 Å². The Hall–Kier alpha value is -2.15. The van der Waals surface area contributed by atoms with E-state index in [1.165, 1.54) is 11.0 Å². The molecular formula is C11H12N4O2S. The number of aromatic amines is 1. The van der Waals surface area contributed by atoms with Gasteiger partial charge in [-0.3, -0.25) is 15.3 Å². The Kier molecular flexibility index (Phi) is 3.73. The predicted molar refractivity (Wildman–Crippen MR) is 68.5 cm³/mol. The zero-order valence-corrected chi connectivity index (χ0v) is 10.5. The summed E-state index contributed by atoms with van der Waals surface area (Å²) in [5, 5.41) is 6.21. The quantitative estimate of drug-likeness (QED) is 0.819. The van der Waals surface area contributed by atoms with E-state index in [9.17, 15) is 4.79 Å². The molecule has 1 aromatic heterocycles. The van der Waals surface area contributed by atoms with Crippen LogP contribution in [0.3, 0.4) is 0 Å². The molecule has 6 nitrogen and oxygen atoms in total. The van der Waals surface area contributed by atoms with Crippen molar-refractivity contribution in [1.29, 1.82) is 0 Å². The Morgan fingerprint density at radius 3 is 3.00 bits per heavy atom. The van der Waals surface area contributed by atoms with Gasteiger partial charge in [0.2, 0.25) is 4.77 Å². The van der Waals surface area contributed by atoms with E-state index in [0.29, 0.717) is 10.5 Å². The number of hydrogen-bond donors (Lipinski definition) is 2. The highest BCUT2D eigenvalue weighted by atomic mass is 32.1. The Morgan fingerprint density at radius 1 is 1.56 bits per heavy atom. The maximum absolute atomic E-state index is 11.6. The summed E-state index contributed by atoms with van der Waals surface area (Å²) in [6.45, 7) is 1.83. The molecule has 0 aliphatic heterocycles. The second-order valence-electron chi connectivity index (χ2n) is 3.62. The summed E-state index contributed by atoms with van der Waals surface area (Å²) in [6, 6.07) is 7.49. The lowest BCUT2D eigenvalue weighted by atomic mass is 10.2. The van der Waals surface area contributed by atoms with E-state index < -0.39 is 0 Å². The number of aromatic nitrogens is 3. The van der Waals surface area contributed by atoms with E-state index in [0.717, 1.165) is 5.56 Å². The zero-order chi connectivity index (χ0) is 13.0. The van der Waals surface area contributed by atoms with Crippen LogP contribution >= 0.6 is 12.2 Å². The number of hydrogen-bond acceptors (Lipinski definition) is 4. The van der Waals surface area contributed by atoms with Gasteiger partial charge in [0, 0.05) is 0 Å².